The topological polar surface area (TPSA) is 85.9 Å². The molecule has 0 aliphatic carbocycles. The first-order valence-corrected chi connectivity index (χ1v) is 13.4. The van der Waals surface area contributed by atoms with E-state index in [4.69, 9.17) is 14.2 Å². The molecule has 0 spiro atoms. The summed E-state index contributed by atoms with van der Waals surface area (Å²) in [6.07, 6.45) is 2.92. The van der Waals surface area contributed by atoms with Gasteiger partial charge >= 0.3 is 0 Å². The highest BCUT2D eigenvalue weighted by atomic mass is 19.1. The minimum atomic E-state index is -0.705. The number of rotatable bonds is 13. The van der Waals surface area contributed by atoms with E-state index in [-0.39, 0.29) is 53.2 Å². The fourth-order valence-electron chi connectivity index (χ4n) is 4.17. The normalized spacial score (nSPS) is 15.7. The SMILES string of the molecule is C=Cc1ccc(OCCOC(C)(C)CCOC(C)(C)C)c(C(=O)c2ccc(C(=O)N[C@H]3CCNC3)cc2)c1F. The van der Waals surface area contributed by atoms with Crippen LogP contribution >= 0.6 is 0 Å². The zero-order valence-corrected chi connectivity index (χ0v) is 23.7. The molecule has 7 nitrogen and oxygen atoms in total. The minimum absolute atomic E-state index is 0.0839. The van der Waals surface area contributed by atoms with Crippen LogP contribution in [-0.4, -0.2) is 61.8 Å². The van der Waals surface area contributed by atoms with Crippen LogP contribution in [0.3, 0.4) is 0 Å². The maximum absolute atomic E-state index is 15.4. The molecule has 2 aromatic rings. The Labute approximate surface area is 231 Å². The Hall–Kier alpha value is -3.07. The van der Waals surface area contributed by atoms with Crippen molar-refractivity contribution < 1.29 is 28.2 Å². The van der Waals surface area contributed by atoms with Gasteiger partial charge in [-0.05, 0) is 78.3 Å². The lowest BCUT2D eigenvalue weighted by atomic mass is 9.98. The fourth-order valence-corrected chi connectivity index (χ4v) is 4.17. The van der Waals surface area contributed by atoms with Crippen LogP contribution in [-0.2, 0) is 9.47 Å². The number of hydrogen-bond acceptors (Lipinski definition) is 6. The Kier molecular flexibility index (Phi) is 10.4. The molecule has 39 heavy (non-hydrogen) atoms. The van der Waals surface area contributed by atoms with Crippen molar-refractivity contribution in [3.05, 3.63) is 71.0 Å². The number of carbonyl (C=O) groups excluding carboxylic acids is 2. The second kappa shape index (κ2) is 13.3. The molecule has 0 aromatic heterocycles. The van der Waals surface area contributed by atoms with Crippen molar-refractivity contribution in [2.75, 3.05) is 32.9 Å². The quantitative estimate of drug-likeness (QED) is 0.269. The third-order valence-corrected chi connectivity index (χ3v) is 6.46. The maximum Gasteiger partial charge on any atom is 0.251 e. The standard InChI is InChI=1S/C31H41FN2O5/c1-7-21-12-13-25(37-18-19-39-31(5,6)15-17-38-30(2,3)4)26(27(21)32)28(35)22-8-10-23(11-9-22)29(36)34-24-14-16-33-20-24/h7-13,24,33H,1,14-20H2,2-6H3,(H,34,36)/t24-/m0/s1. The molecule has 1 amide bonds. The molecule has 212 valence electrons. The zero-order valence-electron chi connectivity index (χ0n) is 23.7. The summed E-state index contributed by atoms with van der Waals surface area (Å²) < 4.78 is 32.9. The Bertz CT molecular complexity index is 1150. The largest absolute Gasteiger partial charge is 0.490 e. The molecule has 3 rings (SSSR count). The van der Waals surface area contributed by atoms with E-state index in [9.17, 15) is 9.59 Å². The van der Waals surface area contributed by atoms with Gasteiger partial charge < -0.3 is 24.8 Å². The van der Waals surface area contributed by atoms with Gasteiger partial charge in [0.05, 0.1) is 17.8 Å². The predicted octanol–water partition coefficient (Wildman–Crippen LogP) is 5.17. The highest BCUT2D eigenvalue weighted by Gasteiger charge is 2.24. The van der Waals surface area contributed by atoms with Crippen molar-refractivity contribution in [1.29, 1.82) is 0 Å². The summed E-state index contributed by atoms with van der Waals surface area (Å²) in [5, 5.41) is 6.17. The first-order valence-electron chi connectivity index (χ1n) is 13.4. The average molecular weight is 541 g/mol. The van der Waals surface area contributed by atoms with Crippen LogP contribution in [0.1, 0.15) is 79.3 Å². The van der Waals surface area contributed by atoms with Crippen molar-refractivity contribution in [2.45, 2.75) is 64.7 Å². The number of amides is 1. The third kappa shape index (κ3) is 8.98. The Morgan fingerprint density at radius 2 is 1.72 bits per heavy atom. The molecule has 2 aromatic carbocycles. The van der Waals surface area contributed by atoms with Gasteiger partial charge in [0.15, 0.2) is 5.78 Å². The van der Waals surface area contributed by atoms with Crippen LogP contribution in [0.15, 0.2) is 43.0 Å². The summed E-state index contributed by atoms with van der Waals surface area (Å²) in [7, 11) is 0. The number of ether oxygens (including phenoxy) is 3. The van der Waals surface area contributed by atoms with Crippen LogP contribution in [0.5, 0.6) is 5.75 Å². The van der Waals surface area contributed by atoms with Gasteiger partial charge in [-0.15, -0.1) is 0 Å². The van der Waals surface area contributed by atoms with Gasteiger partial charge in [0.1, 0.15) is 23.7 Å². The number of ketones is 1. The lowest BCUT2D eigenvalue weighted by Gasteiger charge is -2.28. The summed E-state index contributed by atoms with van der Waals surface area (Å²) >= 11 is 0. The fraction of sp³-hybridized carbons (Fsp3) is 0.484. The van der Waals surface area contributed by atoms with Gasteiger partial charge in [-0.25, -0.2) is 4.39 Å². The second-order valence-electron chi connectivity index (χ2n) is 11.3. The van der Waals surface area contributed by atoms with E-state index in [2.05, 4.69) is 17.2 Å². The van der Waals surface area contributed by atoms with Crippen LogP contribution in [0.25, 0.3) is 6.08 Å². The van der Waals surface area contributed by atoms with Gasteiger partial charge in [-0.1, -0.05) is 24.8 Å². The molecule has 8 heteroatoms. The van der Waals surface area contributed by atoms with Crippen LogP contribution in [0.2, 0.25) is 0 Å². The van der Waals surface area contributed by atoms with Crippen LogP contribution in [0, 0.1) is 5.82 Å². The van der Waals surface area contributed by atoms with E-state index in [1.807, 2.05) is 34.6 Å². The minimum Gasteiger partial charge on any atom is -0.490 e. The zero-order chi connectivity index (χ0) is 28.6. The molecule has 1 saturated heterocycles. The number of halogens is 1. The van der Waals surface area contributed by atoms with E-state index < -0.39 is 17.2 Å². The maximum atomic E-state index is 15.4. The second-order valence-corrected chi connectivity index (χ2v) is 11.3. The van der Waals surface area contributed by atoms with Gasteiger partial charge in [0.2, 0.25) is 0 Å². The summed E-state index contributed by atoms with van der Waals surface area (Å²) in [6.45, 7) is 16.1. The molecular weight excluding hydrogens is 499 g/mol. The van der Waals surface area contributed by atoms with Crippen LogP contribution < -0.4 is 15.4 Å². The van der Waals surface area contributed by atoms with Crippen molar-refractivity contribution in [2.24, 2.45) is 0 Å². The van der Waals surface area contributed by atoms with Crippen molar-refractivity contribution >= 4 is 17.8 Å². The first-order chi connectivity index (χ1) is 18.4. The molecule has 1 heterocycles. The molecule has 0 bridgehead atoms. The van der Waals surface area contributed by atoms with Crippen molar-refractivity contribution in [3.63, 3.8) is 0 Å². The van der Waals surface area contributed by atoms with Gasteiger partial charge in [0.25, 0.3) is 5.91 Å². The molecule has 0 saturated carbocycles. The van der Waals surface area contributed by atoms with Gasteiger partial charge in [0, 0.05) is 35.9 Å². The molecule has 0 unspecified atom stereocenters. The molecule has 1 aliphatic rings. The highest BCUT2D eigenvalue weighted by molar-refractivity contribution is 6.11. The van der Waals surface area contributed by atoms with E-state index in [0.29, 0.717) is 18.6 Å². The van der Waals surface area contributed by atoms with Crippen LogP contribution in [0.4, 0.5) is 4.39 Å². The molecule has 1 aliphatic heterocycles. The van der Waals surface area contributed by atoms with E-state index in [1.54, 1.807) is 18.2 Å². The molecule has 2 N–H and O–H groups in total. The summed E-state index contributed by atoms with van der Waals surface area (Å²) in [4.78, 5) is 25.9. The number of nitrogens with one attached hydrogen (secondary N) is 2. The van der Waals surface area contributed by atoms with Gasteiger partial charge in [-0.2, -0.15) is 0 Å². The Balaban J connectivity index is 1.66. The lowest BCUT2D eigenvalue weighted by molar-refractivity contribution is -0.0717. The van der Waals surface area contributed by atoms with E-state index >= 15 is 4.39 Å². The Morgan fingerprint density at radius 3 is 2.33 bits per heavy atom. The summed E-state index contributed by atoms with van der Waals surface area (Å²) in [5.41, 5.74) is 0.0396. The summed E-state index contributed by atoms with van der Waals surface area (Å²) in [6, 6.07) is 9.36. The van der Waals surface area contributed by atoms with Crippen molar-refractivity contribution in [1.82, 2.24) is 10.6 Å². The molecule has 1 fully saturated rings. The number of carbonyl (C=O) groups is 2. The molecule has 1 atom stereocenters. The van der Waals surface area contributed by atoms with Crippen molar-refractivity contribution in [3.8, 4) is 5.75 Å². The third-order valence-electron chi connectivity index (χ3n) is 6.46. The predicted molar refractivity (Wildman–Crippen MR) is 151 cm³/mol. The van der Waals surface area contributed by atoms with E-state index in [1.165, 1.54) is 24.3 Å². The number of benzene rings is 2. The first kappa shape index (κ1) is 30.5. The highest BCUT2D eigenvalue weighted by Crippen LogP contribution is 2.28. The van der Waals surface area contributed by atoms with E-state index in [0.717, 1.165) is 19.5 Å². The van der Waals surface area contributed by atoms with Gasteiger partial charge in [-0.3, -0.25) is 9.59 Å². The number of hydrogen-bond donors (Lipinski definition) is 2. The molecule has 0 radical (unpaired) electrons. The monoisotopic (exact) mass is 540 g/mol. The average Bonchev–Trinajstić information content (AvgIpc) is 3.38. The lowest BCUT2D eigenvalue weighted by Crippen LogP contribution is -2.36. The summed E-state index contributed by atoms with van der Waals surface area (Å²) in [5.74, 6) is -1.34. The smallest absolute Gasteiger partial charge is 0.251 e. The Morgan fingerprint density at radius 1 is 1.03 bits per heavy atom. The molecular formula is C31H41FN2O5.